The number of pyridine rings is 1. The van der Waals surface area contributed by atoms with Crippen LogP contribution in [0, 0.1) is 17.0 Å². The minimum absolute atomic E-state index is 0.189. The van der Waals surface area contributed by atoms with Crippen LogP contribution in [-0.4, -0.2) is 65.4 Å². The molecule has 1 fully saturated rings. The van der Waals surface area contributed by atoms with E-state index in [9.17, 15) is 14.9 Å². The number of carbonyl (C=O) groups excluding carboxylic acids is 1. The number of carbonyl (C=O) groups is 1. The molecule has 1 aromatic carbocycles. The normalized spacial score (nSPS) is 16.5. The molecule has 148 valence electrons. The van der Waals surface area contributed by atoms with Gasteiger partial charge in [-0.25, -0.2) is 0 Å². The Bertz CT molecular complexity index is 835. The van der Waals surface area contributed by atoms with Gasteiger partial charge < -0.3 is 10.2 Å². The van der Waals surface area contributed by atoms with Crippen LogP contribution in [0.2, 0.25) is 0 Å². The fourth-order valence-corrected chi connectivity index (χ4v) is 3.30. The van der Waals surface area contributed by atoms with Gasteiger partial charge in [-0.05, 0) is 19.5 Å². The maximum absolute atomic E-state index is 12.9. The molecule has 3 rings (SSSR count). The highest BCUT2D eigenvalue weighted by Crippen LogP contribution is 2.19. The summed E-state index contributed by atoms with van der Waals surface area (Å²) in [6, 6.07) is 10.9. The topological polar surface area (TPSA) is 91.6 Å². The fourth-order valence-electron chi connectivity index (χ4n) is 3.30. The summed E-state index contributed by atoms with van der Waals surface area (Å²) in [5.74, 6) is -0.350. The summed E-state index contributed by atoms with van der Waals surface area (Å²) in [5.41, 5.74) is 1.51. The largest absolute Gasteiger partial charge is 0.344 e. The molecular weight excluding hydrogens is 358 g/mol. The maximum Gasteiger partial charge on any atom is 0.288 e. The first-order valence-electron chi connectivity index (χ1n) is 9.32. The third-order valence-corrected chi connectivity index (χ3v) is 5.07. The van der Waals surface area contributed by atoms with Crippen molar-refractivity contribution in [2.75, 3.05) is 39.8 Å². The summed E-state index contributed by atoms with van der Waals surface area (Å²) >= 11 is 0. The molecule has 8 nitrogen and oxygen atoms in total. The zero-order valence-corrected chi connectivity index (χ0v) is 16.2. The van der Waals surface area contributed by atoms with Crippen molar-refractivity contribution < 1.29 is 9.72 Å². The predicted octanol–water partition coefficient (Wildman–Crippen LogP) is 2.02. The molecule has 1 atom stereocenters. The molecule has 1 aromatic heterocycles. The summed E-state index contributed by atoms with van der Waals surface area (Å²) in [6.07, 6.45) is 1.17. The van der Waals surface area contributed by atoms with E-state index in [1.807, 2.05) is 30.3 Å². The van der Waals surface area contributed by atoms with Gasteiger partial charge in [-0.15, -0.1) is 0 Å². The van der Waals surface area contributed by atoms with Crippen molar-refractivity contribution in [3.05, 3.63) is 69.5 Å². The van der Waals surface area contributed by atoms with Gasteiger partial charge in [-0.2, -0.15) is 0 Å². The van der Waals surface area contributed by atoms with Gasteiger partial charge >= 0.3 is 0 Å². The molecule has 0 aliphatic carbocycles. The molecular formula is C20H25N5O3. The van der Waals surface area contributed by atoms with Crippen molar-refractivity contribution >= 4 is 11.6 Å². The summed E-state index contributed by atoms with van der Waals surface area (Å²) in [4.78, 5) is 32.0. The third-order valence-electron chi connectivity index (χ3n) is 5.07. The first kappa shape index (κ1) is 19.9. The predicted molar refractivity (Wildman–Crippen MR) is 106 cm³/mol. The van der Waals surface area contributed by atoms with E-state index in [0.717, 1.165) is 31.7 Å². The fraction of sp³-hybridized carbons (Fsp3) is 0.400. The van der Waals surface area contributed by atoms with Crippen LogP contribution in [0.15, 0.2) is 42.6 Å². The van der Waals surface area contributed by atoms with Crippen LogP contribution < -0.4 is 5.32 Å². The zero-order chi connectivity index (χ0) is 20.1. The molecule has 2 heterocycles. The van der Waals surface area contributed by atoms with Gasteiger partial charge in [0.2, 0.25) is 0 Å². The van der Waals surface area contributed by atoms with Gasteiger partial charge in [0.25, 0.3) is 11.6 Å². The van der Waals surface area contributed by atoms with E-state index in [1.54, 1.807) is 6.92 Å². The lowest BCUT2D eigenvalue weighted by Crippen LogP contribution is -2.47. The molecule has 1 saturated heterocycles. The highest BCUT2D eigenvalue weighted by Gasteiger charge is 2.23. The van der Waals surface area contributed by atoms with E-state index in [2.05, 4.69) is 27.1 Å². The number of aryl methyl sites for hydroxylation is 1. The lowest BCUT2D eigenvalue weighted by atomic mass is 10.0. The van der Waals surface area contributed by atoms with Crippen molar-refractivity contribution in [1.29, 1.82) is 0 Å². The van der Waals surface area contributed by atoms with Gasteiger partial charge in [-0.3, -0.25) is 24.8 Å². The second-order valence-corrected chi connectivity index (χ2v) is 7.12. The Morgan fingerprint density at radius 1 is 1.25 bits per heavy atom. The van der Waals surface area contributed by atoms with Gasteiger partial charge in [0, 0.05) is 38.8 Å². The van der Waals surface area contributed by atoms with Crippen molar-refractivity contribution in [2.45, 2.75) is 13.0 Å². The molecule has 0 saturated carbocycles. The van der Waals surface area contributed by atoms with Crippen molar-refractivity contribution in [1.82, 2.24) is 20.1 Å². The SMILES string of the molecule is Cc1ncc([N+](=O)[O-])cc1C(=O)NC(CN1CCN(C)CC1)c1ccccc1. The second kappa shape index (κ2) is 8.90. The summed E-state index contributed by atoms with van der Waals surface area (Å²) in [6.45, 7) is 6.22. The number of likely N-dealkylation sites (N-methyl/N-ethyl adjacent to an activating group) is 1. The van der Waals surface area contributed by atoms with E-state index < -0.39 is 4.92 Å². The number of nitro groups is 1. The number of rotatable bonds is 6. The van der Waals surface area contributed by atoms with Gasteiger partial charge in [-0.1, -0.05) is 30.3 Å². The molecule has 1 aliphatic rings. The number of hydrogen-bond acceptors (Lipinski definition) is 6. The molecule has 28 heavy (non-hydrogen) atoms. The number of hydrogen-bond donors (Lipinski definition) is 1. The Kier molecular flexibility index (Phi) is 6.33. The Balaban J connectivity index is 1.80. The molecule has 1 aliphatic heterocycles. The smallest absolute Gasteiger partial charge is 0.288 e. The monoisotopic (exact) mass is 383 g/mol. The first-order valence-corrected chi connectivity index (χ1v) is 9.32. The molecule has 1 N–H and O–H groups in total. The third kappa shape index (κ3) is 4.90. The van der Waals surface area contributed by atoms with Crippen LogP contribution >= 0.6 is 0 Å². The van der Waals surface area contributed by atoms with Gasteiger partial charge in [0.15, 0.2) is 0 Å². The van der Waals surface area contributed by atoms with Crippen molar-refractivity contribution in [3.63, 3.8) is 0 Å². The quantitative estimate of drug-likeness (QED) is 0.606. The van der Waals surface area contributed by atoms with Crippen LogP contribution in [0.25, 0.3) is 0 Å². The lowest BCUT2D eigenvalue weighted by Gasteiger charge is -2.35. The Morgan fingerprint density at radius 2 is 1.93 bits per heavy atom. The van der Waals surface area contributed by atoms with E-state index in [1.165, 1.54) is 12.3 Å². The van der Waals surface area contributed by atoms with Crippen LogP contribution in [0.3, 0.4) is 0 Å². The highest BCUT2D eigenvalue weighted by molar-refractivity contribution is 5.96. The summed E-state index contributed by atoms with van der Waals surface area (Å²) in [5, 5.41) is 14.1. The molecule has 2 aromatic rings. The molecule has 0 radical (unpaired) electrons. The zero-order valence-electron chi connectivity index (χ0n) is 16.2. The average Bonchev–Trinajstić information content (AvgIpc) is 2.70. The average molecular weight is 383 g/mol. The Labute approximate surface area is 164 Å². The molecule has 0 spiro atoms. The van der Waals surface area contributed by atoms with Crippen LogP contribution in [0.5, 0.6) is 0 Å². The van der Waals surface area contributed by atoms with Crippen LogP contribution in [0.1, 0.15) is 27.7 Å². The molecule has 1 unspecified atom stereocenters. The van der Waals surface area contributed by atoms with Crippen molar-refractivity contribution in [2.24, 2.45) is 0 Å². The molecule has 1 amide bonds. The minimum atomic E-state index is -0.540. The van der Waals surface area contributed by atoms with Crippen LogP contribution in [0.4, 0.5) is 5.69 Å². The first-order chi connectivity index (χ1) is 13.4. The summed E-state index contributed by atoms with van der Waals surface area (Å²) in [7, 11) is 2.10. The lowest BCUT2D eigenvalue weighted by molar-refractivity contribution is -0.385. The minimum Gasteiger partial charge on any atom is -0.344 e. The van der Waals surface area contributed by atoms with Crippen LogP contribution in [-0.2, 0) is 0 Å². The number of aromatic nitrogens is 1. The number of benzene rings is 1. The number of amides is 1. The molecule has 0 bridgehead atoms. The van der Waals surface area contributed by atoms with E-state index in [0.29, 0.717) is 12.2 Å². The van der Waals surface area contributed by atoms with Crippen molar-refractivity contribution in [3.8, 4) is 0 Å². The van der Waals surface area contributed by atoms with E-state index in [4.69, 9.17) is 0 Å². The second-order valence-electron chi connectivity index (χ2n) is 7.12. The van der Waals surface area contributed by atoms with Gasteiger partial charge in [0.1, 0.15) is 6.20 Å². The van der Waals surface area contributed by atoms with E-state index in [-0.39, 0.29) is 23.2 Å². The maximum atomic E-state index is 12.9. The van der Waals surface area contributed by atoms with Gasteiger partial charge in [0.05, 0.1) is 22.2 Å². The van der Waals surface area contributed by atoms with E-state index >= 15 is 0 Å². The highest BCUT2D eigenvalue weighted by atomic mass is 16.6. The number of piperazine rings is 1. The summed E-state index contributed by atoms with van der Waals surface area (Å²) < 4.78 is 0. The number of nitrogens with one attached hydrogen (secondary N) is 1. The Morgan fingerprint density at radius 3 is 2.57 bits per heavy atom. The molecule has 8 heteroatoms. The Hall–Kier alpha value is -2.84. The number of nitrogens with zero attached hydrogens (tertiary/aromatic N) is 4. The standard InChI is InChI=1S/C20H25N5O3/c1-15-18(12-17(13-21-15)25(27)28)20(26)22-19(16-6-4-3-5-7-16)14-24-10-8-23(2)9-11-24/h3-7,12-13,19H,8-11,14H2,1-2H3,(H,22,26).